The molecule has 3 nitrogen and oxygen atoms in total. The van der Waals surface area contributed by atoms with E-state index in [4.69, 9.17) is 4.74 Å². The lowest BCUT2D eigenvalue weighted by atomic mass is 9.90. The number of rotatable bonds is 3. The quantitative estimate of drug-likeness (QED) is 0.872. The number of nitrogens with one attached hydrogen (secondary N) is 1. The normalized spacial score (nSPS) is 18.9. The minimum absolute atomic E-state index is 0. The highest BCUT2D eigenvalue weighted by Crippen LogP contribution is 2.22. The molecule has 1 aromatic carbocycles. The summed E-state index contributed by atoms with van der Waals surface area (Å²) in [6, 6.07) is 6.23. The number of ether oxygens (including phenoxy) is 1. The molecule has 4 heteroatoms. The van der Waals surface area contributed by atoms with E-state index in [9.17, 15) is 4.79 Å². The molecule has 0 radical (unpaired) electrons. The van der Waals surface area contributed by atoms with Crippen molar-refractivity contribution in [3.8, 4) is 0 Å². The van der Waals surface area contributed by atoms with Crippen LogP contribution in [0.1, 0.15) is 40.7 Å². The lowest BCUT2D eigenvalue weighted by molar-refractivity contribution is 0.0480. The summed E-state index contributed by atoms with van der Waals surface area (Å²) in [5, 5.41) is 3.41. The Balaban J connectivity index is 0.00000147. The van der Waals surface area contributed by atoms with Crippen LogP contribution >= 0.6 is 12.4 Å². The average molecular weight is 296 g/mol. The number of fused-ring (bicyclic) bond motifs is 1. The first kappa shape index (κ1) is 15.3. The molecular formula is C16H22ClNO2. The number of halogens is 1. The summed E-state index contributed by atoms with van der Waals surface area (Å²) in [6.07, 6.45) is 5.87. The highest BCUT2D eigenvalue weighted by Gasteiger charge is 2.19. The van der Waals surface area contributed by atoms with Crippen LogP contribution in [0.4, 0.5) is 0 Å². The Labute approximate surface area is 126 Å². The van der Waals surface area contributed by atoms with E-state index in [1.165, 1.54) is 43.5 Å². The second-order valence-electron chi connectivity index (χ2n) is 5.61. The first-order valence-corrected chi connectivity index (χ1v) is 7.32. The molecule has 0 amide bonds. The predicted octanol–water partition coefficient (Wildman–Crippen LogP) is 2.75. The van der Waals surface area contributed by atoms with Gasteiger partial charge in [0.2, 0.25) is 0 Å². The zero-order valence-corrected chi connectivity index (χ0v) is 12.5. The molecule has 0 saturated carbocycles. The van der Waals surface area contributed by atoms with Crippen LogP contribution < -0.4 is 5.32 Å². The maximum Gasteiger partial charge on any atom is 0.338 e. The van der Waals surface area contributed by atoms with E-state index in [0.29, 0.717) is 6.61 Å². The smallest absolute Gasteiger partial charge is 0.338 e. The molecule has 20 heavy (non-hydrogen) atoms. The molecule has 110 valence electrons. The SMILES string of the molecule is Cl.O=C1OCCc2cc(CCC3CCNCC3)ccc21. The Hall–Kier alpha value is -1.06. The van der Waals surface area contributed by atoms with Crippen LogP contribution in [-0.2, 0) is 17.6 Å². The maximum absolute atomic E-state index is 11.6. The van der Waals surface area contributed by atoms with E-state index in [1.54, 1.807) is 0 Å². The number of hydrogen-bond donors (Lipinski definition) is 1. The number of esters is 1. The fourth-order valence-corrected chi connectivity index (χ4v) is 3.08. The number of cyclic esters (lactones) is 1. The van der Waals surface area contributed by atoms with Gasteiger partial charge in [0, 0.05) is 6.42 Å². The summed E-state index contributed by atoms with van der Waals surface area (Å²) in [6.45, 7) is 2.87. The van der Waals surface area contributed by atoms with Gasteiger partial charge in [-0.25, -0.2) is 4.79 Å². The van der Waals surface area contributed by atoms with Crippen LogP contribution in [0.5, 0.6) is 0 Å². The van der Waals surface area contributed by atoms with Gasteiger partial charge in [0.15, 0.2) is 0 Å². The van der Waals surface area contributed by atoms with Gasteiger partial charge in [-0.1, -0.05) is 12.1 Å². The van der Waals surface area contributed by atoms with Crippen LogP contribution in [0.2, 0.25) is 0 Å². The van der Waals surface area contributed by atoms with Gasteiger partial charge >= 0.3 is 5.97 Å². The Morgan fingerprint density at radius 1 is 1.25 bits per heavy atom. The number of hydrogen-bond acceptors (Lipinski definition) is 3. The van der Waals surface area contributed by atoms with Crippen molar-refractivity contribution in [3.63, 3.8) is 0 Å². The molecule has 0 aliphatic carbocycles. The third-order valence-electron chi connectivity index (χ3n) is 4.29. The lowest BCUT2D eigenvalue weighted by Gasteiger charge is -2.22. The summed E-state index contributed by atoms with van der Waals surface area (Å²) in [5.74, 6) is 0.702. The zero-order valence-electron chi connectivity index (χ0n) is 11.7. The third kappa shape index (κ3) is 3.53. The van der Waals surface area contributed by atoms with E-state index >= 15 is 0 Å². The van der Waals surface area contributed by atoms with Crippen molar-refractivity contribution in [3.05, 3.63) is 34.9 Å². The van der Waals surface area contributed by atoms with Gasteiger partial charge in [0.25, 0.3) is 0 Å². The highest BCUT2D eigenvalue weighted by molar-refractivity contribution is 5.92. The topological polar surface area (TPSA) is 38.3 Å². The summed E-state index contributed by atoms with van der Waals surface area (Å²) in [5.41, 5.74) is 3.29. The summed E-state index contributed by atoms with van der Waals surface area (Å²) < 4.78 is 5.05. The molecule has 1 aromatic rings. The van der Waals surface area contributed by atoms with Gasteiger partial charge in [0.05, 0.1) is 12.2 Å². The molecule has 2 aliphatic heterocycles. The lowest BCUT2D eigenvalue weighted by Crippen LogP contribution is -2.27. The fourth-order valence-electron chi connectivity index (χ4n) is 3.08. The van der Waals surface area contributed by atoms with Crippen molar-refractivity contribution in [1.29, 1.82) is 0 Å². The second-order valence-corrected chi connectivity index (χ2v) is 5.61. The van der Waals surface area contributed by atoms with Crippen molar-refractivity contribution in [2.75, 3.05) is 19.7 Å². The Kier molecular flexibility index (Phi) is 5.44. The van der Waals surface area contributed by atoms with Crippen molar-refractivity contribution in [2.24, 2.45) is 5.92 Å². The average Bonchev–Trinajstić information content (AvgIpc) is 2.46. The fraction of sp³-hybridized carbons (Fsp3) is 0.562. The van der Waals surface area contributed by atoms with E-state index in [1.807, 2.05) is 6.07 Å². The predicted molar refractivity (Wildman–Crippen MR) is 81.6 cm³/mol. The van der Waals surface area contributed by atoms with Gasteiger partial charge in [-0.3, -0.25) is 0 Å². The third-order valence-corrected chi connectivity index (χ3v) is 4.29. The van der Waals surface area contributed by atoms with Crippen molar-refractivity contribution in [2.45, 2.75) is 32.1 Å². The van der Waals surface area contributed by atoms with Gasteiger partial charge in [-0.15, -0.1) is 12.4 Å². The minimum Gasteiger partial charge on any atom is -0.462 e. The molecule has 0 atom stereocenters. The van der Waals surface area contributed by atoms with Gasteiger partial charge < -0.3 is 10.1 Å². The monoisotopic (exact) mass is 295 g/mol. The first-order valence-electron chi connectivity index (χ1n) is 7.32. The summed E-state index contributed by atoms with van der Waals surface area (Å²) in [4.78, 5) is 11.6. The summed E-state index contributed by atoms with van der Waals surface area (Å²) >= 11 is 0. The molecule has 1 N–H and O–H groups in total. The number of carbonyl (C=O) groups excluding carboxylic acids is 1. The van der Waals surface area contributed by atoms with E-state index in [0.717, 1.165) is 24.3 Å². The van der Waals surface area contributed by atoms with Crippen LogP contribution in [0.3, 0.4) is 0 Å². The molecule has 2 aliphatic rings. The van der Waals surface area contributed by atoms with Crippen molar-refractivity contribution >= 4 is 18.4 Å². The molecule has 0 aromatic heterocycles. The molecular weight excluding hydrogens is 274 g/mol. The van der Waals surface area contributed by atoms with E-state index in [2.05, 4.69) is 17.4 Å². The first-order chi connectivity index (χ1) is 9.33. The Morgan fingerprint density at radius 3 is 2.85 bits per heavy atom. The molecule has 0 unspecified atom stereocenters. The van der Waals surface area contributed by atoms with Crippen molar-refractivity contribution in [1.82, 2.24) is 5.32 Å². The standard InChI is InChI=1S/C16H21NO2.ClH/c18-16-15-4-3-13(11-14(15)7-10-19-16)2-1-12-5-8-17-9-6-12;/h3-4,11-12,17H,1-2,5-10H2;1H. The summed E-state index contributed by atoms with van der Waals surface area (Å²) in [7, 11) is 0. The molecule has 1 saturated heterocycles. The van der Waals surface area contributed by atoms with Gasteiger partial charge in [-0.2, -0.15) is 0 Å². The zero-order chi connectivity index (χ0) is 13.1. The number of carbonyl (C=O) groups is 1. The Morgan fingerprint density at radius 2 is 2.05 bits per heavy atom. The number of aryl methyl sites for hydroxylation is 1. The van der Waals surface area contributed by atoms with Crippen LogP contribution in [0, 0.1) is 5.92 Å². The van der Waals surface area contributed by atoms with Gasteiger partial charge in [0.1, 0.15) is 0 Å². The minimum atomic E-state index is -0.161. The maximum atomic E-state index is 11.6. The molecule has 3 rings (SSSR count). The van der Waals surface area contributed by atoms with Crippen LogP contribution in [0.15, 0.2) is 18.2 Å². The van der Waals surface area contributed by atoms with E-state index < -0.39 is 0 Å². The number of benzene rings is 1. The number of piperidine rings is 1. The highest BCUT2D eigenvalue weighted by atomic mass is 35.5. The van der Waals surface area contributed by atoms with Crippen molar-refractivity contribution < 1.29 is 9.53 Å². The molecule has 0 spiro atoms. The molecule has 2 heterocycles. The van der Waals surface area contributed by atoms with Crippen LogP contribution in [-0.4, -0.2) is 25.7 Å². The van der Waals surface area contributed by atoms with Crippen LogP contribution in [0.25, 0.3) is 0 Å². The Bertz CT molecular complexity index is 470. The van der Waals surface area contributed by atoms with Gasteiger partial charge in [-0.05, 0) is 61.9 Å². The second kappa shape index (κ2) is 7.09. The van der Waals surface area contributed by atoms with E-state index in [-0.39, 0.29) is 18.4 Å². The molecule has 0 bridgehead atoms. The molecule has 1 fully saturated rings. The largest absolute Gasteiger partial charge is 0.462 e.